The van der Waals surface area contributed by atoms with E-state index in [9.17, 15) is 0 Å². The van der Waals surface area contributed by atoms with E-state index in [1.165, 1.54) is 0 Å². The van der Waals surface area contributed by atoms with Gasteiger partial charge in [0.25, 0.3) is 0 Å². The SMILES string of the molecule is CCn1ccnc1CN[C@@H](C)[C@@H](C)n1cccn1. The van der Waals surface area contributed by atoms with Crippen LogP contribution in [0.2, 0.25) is 0 Å². The van der Waals surface area contributed by atoms with Gasteiger partial charge in [-0.3, -0.25) is 4.68 Å². The first kappa shape index (κ1) is 12.8. The number of nitrogens with zero attached hydrogens (tertiary/aromatic N) is 4. The van der Waals surface area contributed by atoms with Crippen molar-refractivity contribution in [2.24, 2.45) is 0 Å². The molecule has 0 unspecified atom stereocenters. The molecule has 2 aromatic heterocycles. The van der Waals surface area contributed by atoms with E-state index in [0.717, 1.165) is 18.9 Å². The molecule has 2 atom stereocenters. The summed E-state index contributed by atoms with van der Waals surface area (Å²) < 4.78 is 4.13. The van der Waals surface area contributed by atoms with E-state index in [0.29, 0.717) is 12.1 Å². The molecule has 0 amide bonds. The third-order valence-corrected chi connectivity index (χ3v) is 3.39. The van der Waals surface area contributed by atoms with Crippen LogP contribution in [0.25, 0.3) is 0 Å². The second kappa shape index (κ2) is 5.82. The lowest BCUT2D eigenvalue weighted by molar-refractivity contribution is 0.360. The molecule has 0 radical (unpaired) electrons. The van der Waals surface area contributed by atoms with Crippen LogP contribution in [0.3, 0.4) is 0 Å². The minimum Gasteiger partial charge on any atom is -0.334 e. The first-order valence-electron chi connectivity index (χ1n) is 6.45. The fourth-order valence-corrected chi connectivity index (χ4v) is 1.97. The van der Waals surface area contributed by atoms with Gasteiger partial charge in [-0.25, -0.2) is 4.98 Å². The zero-order valence-electron chi connectivity index (χ0n) is 11.2. The Morgan fingerprint density at radius 2 is 2.11 bits per heavy atom. The van der Waals surface area contributed by atoms with Gasteiger partial charge in [0.2, 0.25) is 0 Å². The molecule has 98 valence electrons. The quantitative estimate of drug-likeness (QED) is 0.847. The Morgan fingerprint density at radius 1 is 1.28 bits per heavy atom. The van der Waals surface area contributed by atoms with Gasteiger partial charge in [-0.2, -0.15) is 5.10 Å². The highest BCUT2D eigenvalue weighted by molar-refractivity contribution is 4.92. The predicted molar refractivity (Wildman–Crippen MR) is 71.1 cm³/mol. The lowest BCUT2D eigenvalue weighted by atomic mass is 10.2. The highest BCUT2D eigenvalue weighted by Crippen LogP contribution is 2.09. The van der Waals surface area contributed by atoms with Gasteiger partial charge in [0.1, 0.15) is 5.82 Å². The van der Waals surface area contributed by atoms with Crippen molar-refractivity contribution in [3.05, 3.63) is 36.7 Å². The van der Waals surface area contributed by atoms with Crippen LogP contribution in [0.1, 0.15) is 32.6 Å². The minimum absolute atomic E-state index is 0.324. The number of rotatable bonds is 6. The molecule has 18 heavy (non-hydrogen) atoms. The van der Waals surface area contributed by atoms with Crippen molar-refractivity contribution in [3.63, 3.8) is 0 Å². The van der Waals surface area contributed by atoms with Gasteiger partial charge in [-0.05, 0) is 26.8 Å². The maximum atomic E-state index is 4.36. The average Bonchev–Trinajstić information content (AvgIpc) is 3.05. The molecule has 5 heteroatoms. The Bertz CT molecular complexity index is 459. The summed E-state index contributed by atoms with van der Waals surface area (Å²) in [5.41, 5.74) is 0. The highest BCUT2D eigenvalue weighted by atomic mass is 15.3. The summed E-state index contributed by atoms with van der Waals surface area (Å²) >= 11 is 0. The third-order valence-electron chi connectivity index (χ3n) is 3.39. The van der Waals surface area contributed by atoms with E-state index in [1.54, 1.807) is 0 Å². The summed E-state index contributed by atoms with van der Waals surface area (Å²) in [6.45, 7) is 8.21. The summed E-state index contributed by atoms with van der Waals surface area (Å²) in [6, 6.07) is 2.62. The van der Waals surface area contributed by atoms with Crippen molar-refractivity contribution in [3.8, 4) is 0 Å². The largest absolute Gasteiger partial charge is 0.334 e. The number of nitrogens with one attached hydrogen (secondary N) is 1. The Hall–Kier alpha value is -1.62. The van der Waals surface area contributed by atoms with Crippen LogP contribution in [-0.4, -0.2) is 25.4 Å². The zero-order chi connectivity index (χ0) is 13.0. The average molecular weight is 247 g/mol. The van der Waals surface area contributed by atoms with Crippen LogP contribution in [0.15, 0.2) is 30.9 Å². The highest BCUT2D eigenvalue weighted by Gasteiger charge is 2.14. The molecular formula is C13H21N5. The van der Waals surface area contributed by atoms with E-state index in [2.05, 4.69) is 40.7 Å². The smallest absolute Gasteiger partial charge is 0.122 e. The van der Waals surface area contributed by atoms with Crippen LogP contribution < -0.4 is 5.32 Å². The topological polar surface area (TPSA) is 47.7 Å². The molecule has 0 aliphatic carbocycles. The van der Waals surface area contributed by atoms with E-state index in [1.807, 2.05) is 35.5 Å². The molecule has 0 aromatic carbocycles. The number of aromatic nitrogens is 4. The number of hydrogen-bond acceptors (Lipinski definition) is 3. The Kier molecular flexibility index (Phi) is 4.15. The summed E-state index contributed by atoms with van der Waals surface area (Å²) in [4.78, 5) is 4.36. The molecule has 2 heterocycles. The number of aryl methyl sites for hydroxylation is 1. The molecule has 0 aliphatic rings. The van der Waals surface area contributed by atoms with E-state index in [4.69, 9.17) is 0 Å². The van der Waals surface area contributed by atoms with Gasteiger partial charge >= 0.3 is 0 Å². The molecular weight excluding hydrogens is 226 g/mol. The van der Waals surface area contributed by atoms with Crippen LogP contribution in [-0.2, 0) is 13.1 Å². The Labute approximate surface area is 108 Å². The second-order valence-electron chi connectivity index (χ2n) is 4.53. The molecule has 0 aliphatic heterocycles. The van der Waals surface area contributed by atoms with Crippen LogP contribution >= 0.6 is 0 Å². The summed E-state index contributed by atoms with van der Waals surface area (Å²) in [5, 5.41) is 7.78. The van der Waals surface area contributed by atoms with Crippen molar-refractivity contribution < 1.29 is 0 Å². The van der Waals surface area contributed by atoms with Crippen LogP contribution in [0.5, 0.6) is 0 Å². The van der Waals surface area contributed by atoms with Gasteiger partial charge in [0, 0.05) is 37.4 Å². The number of imidazole rings is 1. The standard InChI is InChI=1S/C13H21N5/c1-4-17-9-7-14-13(17)10-15-11(2)12(3)18-8-5-6-16-18/h5-9,11-12,15H,4,10H2,1-3H3/t11-,12+/m0/s1. The zero-order valence-corrected chi connectivity index (χ0v) is 11.2. The lowest BCUT2D eigenvalue weighted by Gasteiger charge is -2.21. The van der Waals surface area contributed by atoms with Gasteiger partial charge in [-0.1, -0.05) is 0 Å². The molecule has 5 nitrogen and oxygen atoms in total. The number of hydrogen-bond donors (Lipinski definition) is 1. The maximum Gasteiger partial charge on any atom is 0.122 e. The first-order valence-corrected chi connectivity index (χ1v) is 6.45. The Balaban J connectivity index is 1.90. The van der Waals surface area contributed by atoms with Gasteiger partial charge < -0.3 is 9.88 Å². The monoisotopic (exact) mass is 247 g/mol. The van der Waals surface area contributed by atoms with Crippen molar-refractivity contribution in [1.29, 1.82) is 0 Å². The first-order chi connectivity index (χ1) is 8.72. The van der Waals surface area contributed by atoms with E-state index >= 15 is 0 Å². The third kappa shape index (κ3) is 2.79. The second-order valence-corrected chi connectivity index (χ2v) is 4.53. The van der Waals surface area contributed by atoms with Crippen molar-refractivity contribution in [2.75, 3.05) is 0 Å². The fourth-order valence-electron chi connectivity index (χ4n) is 1.97. The van der Waals surface area contributed by atoms with Crippen molar-refractivity contribution >= 4 is 0 Å². The summed E-state index contributed by atoms with van der Waals surface area (Å²) in [7, 11) is 0. The van der Waals surface area contributed by atoms with Gasteiger partial charge in [0.15, 0.2) is 0 Å². The minimum atomic E-state index is 0.324. The molecule has 1 N–H and O–H groups in total. The molecule has 2 rings (SSSR count). The van der Waals surface area contributed by atoms with Gasteiger partial charge in [-0.15, -0.1) is 0 Å². The predicted octanol–water partition coefficient (Wildman–Crippen LogP) is 1.84. The fraction of sp³-hybridized carbons (Fsp3) is 0.538. The maximum absolute atomic E-state index is 4.36. The molecule has 0 saturated heterocycles. The van der Waals surface area contributed by atoms with Crippen molar-refractivity contribution in [2.45, 2.75) is 45.9 Å². The molecule has 0 bridgehead atoms. The van der Waals surface area contributed by atoms with Gasteiger partial charge in [0.05, 0.1) is 12.6 Å². The van der Waals surface area contributed by atoms with Crippen molar-refractivity contribution in [1.82, 2.24) is 24.6 Å². The lowest BCUT2D eigenvalue weighted by Crippen LogP contribution is -2.34. The molecule has 0 saturated carbocycles. The molecule has 0 fully saturated rings. The normalized spacial score (nSPS) is 14.6. The Morgan fingerprint density at radius 3 is 2.78 bits per heavy atom. The summed E-state index contributed by atoms with van der Waals surface area (Å²) in [5.74, 6) is 1.08. The van der Waals surface area contributed by atoms with E-state index < -0.39 is 0 Å². The van der Waals surface area contributed by atoms with Crippen LogP contribution in [0.4, 0.5) is 0 Å². The van der Waals surface area contributed by atoms with Crippen LogP contribution in [0, 0.1) is 0 Å². The van der Waals surface area contributed by atoms with E-state index in [-0.39, 0.29) is 0 Å². The summed E-state index contributed by atoms with van der Waals surface area (Å²) in [6.07, 6.45) is 7.67. The molecule has 2 aromatic rings. The molecule has 0 spiro atoms.